The van der Waals surface area contributed by atoms with E-state index in [1.807, 2.05) is 12.1 Å². The van der Waals surface area contributed by atoms with E-state index in [0.717, 1.165) is 11.3 Å². The van der Waals surface area contributed by atoms with Crippen LogP contribution >= 0.6 is 12.2 Å². The first-order valence-corrected chi connectivity index (χ1v) is 7.36. The van der Waals surface area contributed by atoms with Crippen molar-refractivity contribution in [2.24, 2.45) is 5.73 Å². The maximum Gasteiger partial charge on any atom is 0.414 e. The van der Waals surface area contributed by atoms with Gasteiger partial charge >= 0.3 is 6.09 Å². The zero-order chi connectivity index (χ0) is 16.4. The van der Waals surface area contributed by atoms with Crippen LogP contribution in [0, 0.1) is 6.92 Å². The Bertz CT molecular complexity index is 730. The number of nitrogens with two attached hydrogens (primary N) is 1. The van der Waals surface area contributed by atoms with E-state index in [1.165, 1.54) is 0 Å². The monoisotopic (exact) mass is 333 g/mol. The highest BCUT2D eigenvalue weighted by atomic mass is 32.1. The van der Waals surface area contributed by atoms with Crippen LogP contribution in [0.4, 0.5) is 10.5 Å². The Morgan fingerprint density at radius 1 is 1.48 bits per heavy atom. The second-order valence-electron chi connectivity index (χ2n) is 5.06. The molecule has 1 saturated heterocycles. The molecular formula is C14H15N5O3S. The predicted octanol–water partition coefficient (Wildman–Crippen LogP) is 1.20. The molecule has 0 spiro atoms. The molecule has 9 heteroatoms. The Balaban J connectivity index is 1.69. The highest BCUT2D eigenvalue weighted by molar-refractivity contribution is 7.80. The molecule has 23 heavy (non-hydrogen) atoms. The number of rotatable bonds is 4. The summed E-state index contributed by atoms with van der Waals surface area (Å²) in [5.74, 6) is 1.01. The van der Waals surface area contributed by atoms with Crippen LogP contribution in [0.15, 0.2) is 28.8 Å². The molecule has 1 aliphatic rings. The molecule has 2 heterocycles. The summed E-state index contributed by atoms with van der Waals surface area (Å²) < 4.78 is 10.4. The molecule has 1 fully saturated rings. The molecule has 8 nitrogen and oxygen atoms in total. The summed E-state index contributed by atoms with van der Waals surface area (Å²) in [6.45, 7) is 2.56. The van der Waals surface area contributed by atoms with E-state index < -0.39 is 6.09 Å². The van der Waals surface area contributed by atoms with E-state index in [1.54, 1.807) is 24.0 Å². The summed E-state index contributed by atoms with van der Waals surface area (Å²) in [6.07, 6.45) is -0.705. The molecule has 1 aromatic carbocycles. The Kier molecular flexibility index (Phi) is 4.11. The minimum atomic E-state index is -0.402. The van der Waals surface area contributed by atoms with Gasteiger partial charge < -0.3 is 20.3 Å². The zero-order valence-electron chi connectivity index (χ0n) is 12.4. The van der Waals surface area contributed by atoms with Crippen LogP contribution in [0.3, 0.4) is 0 Å². The summed E-state index contributed by atoms with van der Waals surface area (Å²) in [4.78, 5) is 17.7. The molecule has 3 N–H and O–H groups in total. The largest absolute Gasteiger partial charge is 0.442 e. The summed E-state index contributed by atoms with van der Waals surface area (Å²) in [7, 11) is 0. The first-order chi connectivity index (χ1) is 11.0. The number of hydrogen-bond donors (Lipinski definition) is 2. The van der Waals surface area contributed by atoms with Crippen LogP contribution in [0.1, 0.15) is 5.82 Å². The van der Waals surface area contributed by atoms with Gasteiger partial charge in [-0.3, -0.25) is 4.90 Å². The third kappa shape index (κ3) is 3.39. The number of aryl methyl sites for hydroxylation is 1. The Morgan fingerprint density at radius 3 is 2.83 bits per heavy atom. The van der Waals surface area contributed by atoms with Crippen molar-refractivity contribution in [3.8, 4) is 11.5 Å². The lowest BCUT2D eigenvalue weighted by Gasteiger charge is -2.13. The van der Waals surface area contributed by atoms with Gasteiger partial charge in [0.1, 0.15) is 6.10 Å². The molecule has 0 bridgehead atoms. The van der Waals surface area contributed by atoms with Gasteiger partial charge in [-0.1, -0.05) is 5.16 Å². The molecule has 2 aromatic rings. The summed E-state index contributed by atoms with van der Waals surface area (Å²) >= 11 is 4.74. The van der Waals surface area contributed by atoms with Gasteiger partial charge in [-0.25, -0.2) is 4.79 Å². The molecule has 1 atom stereocenters. The van der Waals surface area contributed by atoms with Gasteiger partial charge in [0.05, 0.1) is 13.1 Å². The lowest BCUT2D eigenvalue weighted by atomic mass is 10.2. The van der Waals surface area contributed by atoms with Crippen molar-refractivity contribution in [3.63, 3.8) is 0 Å². The molecule has 1 aliphatic heterocycles. The molecule has 120 valence electrons. The van der Waals surface area contributed by atoms with Gasteiger partial charge in [0, 0.05) is 11.3 Å². The minimum absolute atomic E-state index is 0.179. The molecule has 3 rings (SSSR count). The second kappa shape index (κ2) is 6.21. The van der Waals surface area contributed by atoms with Gasteiger partial charge in [0.25, 0.3) is 5.89 Å². The number of nitrogens with zero attached hydrogens (tertiary/aromatic N) is 3. The third-order valence-corrected chi connectivity index (χ3v) is 3.48. The van der Waals surface area contributed by atoms with Gasteiger partial charge in [-0.05, 0) is 43.4 Å². The fourth-order valence-electron chi connectivity index (χ4n) is 2.25. The third-order valence-electron chi connectivity index (χ3n) is 3.33. The van der Waals surface area contributed by atoms with Crippen molar-refractivity contribution < 1.29 is 14.1 Å². The van der Waals surface area contributed by atoms with Gasteiger partial charge in [0.15, 0.2) is 10.9 Å². The molecular weight excluding hydrogens is 318 g/mol. The number of anilines is 1. The van der Waals surface area contributed by atoms with Crippen LogP contribution in [-0.2, 0) is 4.74 Å². The summed E-state index contributed by atoms with van der Waals surface area (Å²) in [5.41, 5.74) is 6.89. The molecule has 0 saturated carbocycles. The first-order valence-electron chi connectivity index (χ1n) is 6.95. The number of carbonyl (C=O) groups is 1. The highest BCUT2D eigenvalue weighted by Crippen LogP contribution is 2.25. The topological polar surface area (TPSA) is 107 Å². The number of nitrogens with one attached hydrogen (secondary N) is 1. The summed E-state index contributed by atoms with van der Waals surface area (Å²) in [6, 6.07) is 7.24. The molecule has 1 unspecified atom stereocenters. The average molecular weight is 333 g/mol. The van der Waals surface area contributed by atoms with E-state index >= 15 is 0 Å². The molecule has 1 aromatic heterocycles. The number of amides is 1. The van der Waals surface area contributed by atoms with E-state index in [4.69, 9.17) is 27.2 Å². The van der Waals surface area contributed by atoms with Crippen LogP contribution in [0.2, 0.25) is 0 Å². The Hall–Kier alpha value is -2.68. The molecule has 0 radical (unpaired) electrons. The number of aromatic nitrogens is 2. The van der Waals surface area contributed by atoms with E-state index in [-0.39, 0.29) is 11.2 Å². The predicted molar refractivity (Wildman–Crippen MR) is 86.9 cm³/mol. The van der Waals surface area contributed by atoms with Gasteiger partial charge in [-0.2, -0.15) is 4.98 Å². The minimum Gasteiger partial charge on any atom is -0.442 e. The fourth-order valence-corrected chi connectivity index (χ4v) is 2.33. The maximum absolute atomic E-state index is 12.0. The van der Waals surface area contributed by atoms with Crippen molar-refractivity contribution >= 4 is 29.1 Å². The number of thiocarbonyl (C=S) groups is 1. The van der Waals surface area contributed by atoms with Crippen molar-refractivity contribution in [2.75, 3.05) is 18.0 Å². The average Bonchev–Trinajstić information content (AvgIpc) is 3.11. The molecule has 1 amide bonds. The standard InChI is InChI=1S/C14H15N5O3S/c1-8-17-12(22-18-8)9-2-4-10(5-3-9)19-7-11(21-14(19)20)6-16-13(15)23/h2-5,11H,6-7H2,1H3,(H3,15,16,23). The van der Waals surface area contributed by atoms with E-state index in [9.17, 15) is 4.79 Å². The lowest BCUT2D eigenvalue weighted by Crippen LogP contribution is -2.37. The number of hydrogen-bond acceptors (Lipinski definition) is 6. The second-order valence-corrected chi connectivity index (χ2v) is 5.49. The zero-order valence-corrected chi connectivity index (χ0v) is 13.2. The van der Waals surface area contributed by atoms with Crippen LogP contribution in [0.25, 0.3) is 11.5 Å². The number of cyclic esters (lactones) is 1. The van der Waals surface area contributed by atoms with E-state index in [0.29, 0.717) is 24.8 Å². The van der Waals surface area contributed by atoms with Crippen LogP contribution in [0.5, 0.6) is 0 Å². The van der Waals surface area contributed by atoms with Crippen molar-refractivity contribution in [1.82, 2.24) is 15.5 Å². The van der Waals surface area contributed by atoms with Crippen molar-refractivity contribution in [1.29, 1.82) is 0 Å². The van der Waals surface area contributed by atoms with E-state index in [2.05, 4.69) is 15.5 Å². The number of benzene rings is 1. The highest BCUT2D eigenvalue weighted by Gasteiger charge is 2.32. The normalized spacial score (nSPS) is 17.2. The fraction of sp³-hybridized carbons (Fsp3) is 0.286. The number of ether oxygens (including phenoxy) is 1. The smallest absolute Gasteiger partial charge is 0.414 e. The SMILES string of the molecule is Cc1noc(-c2ccc(N3CC(CNC(N)=S)OC3=O)cc2)n1. The summed E-state index contributed by atoms with van der Waals surface area (Å²) in [5, 5.41) is 6.72. The maximum atomic E-state index is 12.0. The Labute approximate surface area is 137 Å². The van der Waals surface area contributed by atoms with Crippen LogP contribution < -0.4 is 16.0 Å². The van der Waals surface area contributed by atoms with Crippen molar-refractivity contribution in [2.45, 2.75) is 13.0 Å². The van der Waals surface area contributed by atoms with Gasteiger partial charge in [-0.15, -0.1) is 0 Å². The lowest BCUT2D eigenvalue weighted by molar-refractivity contribution is 0.143. The molecule has 0 aliphatic carbocycles. The number of carbonyl (C=O) groups excluding carboxylic acids is 1. The first kappa shape index (κ1) is 15.2. The quantitative estimate of drug-likeness (QED) is 0.804. The van der Waals surface area contributed by atoms with Crippen LogP contribution in [-0.4, -0.2) is 40.5 Å². The van der Waals surface area contributed by atoms with Gasteiger partial charge in [0.2, 0.25) is 0 Å². The Morgan fingerprint density at radius 2 is 2.22 bits per heavy atom. The van der Waals surface area contributed by atoms with Crippen molar-refractivity contribution in [3.05, 3.63) is 30.1 Å².